The van der Waals surface area contributed by atoms with Gasteiger partial charge in [-0.2, -0.15) is 0 Å². The predicted molar refractivity (Wildman–Crippen MR) is 106 cm³/mol. The molecular weight excluding hydrogens is 339 g/mol. The molecule has 0 spiro atoms. The van der Waals surface area contributed by atoms with Crippen LogP contribution < -0.4 is 11.5 Å². The zero-order valence-electron chi connectivity index (χ0n) is 13.5. The molecule has 0 aliphatic rings. The third-order valence-electron chi connectivity index (χ3n) is 4.15. The van der Waals surface area contributed by atoms with Crippen molar-refractivity contribution in [2.75, 3.05) is 11.5 Å². The quantitative estimate of drug-likeness (QED) is 0.544. The lowest BCUT2D eigenvalue weighted by Crippen LogP contribution is -1.93. The van der Waals surface area contributed by atoms with Gasteiger partial charge in [0, 0.05) is 27.5 Å². The Labute approximate surface area is 152 Å². The number of rotatable bonds is 2. The van der Waals surface area contributed by atoms with Crippen molar-refractivity contribution in [2.24, 2.45) is 0 Å². The van der Waals surface area contributed by atoms with Crippen LogP contribution in [-0.2, 0) is 0 Å². The molecule has 0 aliphatic heterocycles. The standard InChI is InChI=1S/C20H18Cl2N2/c1-11-9-13(23)3-5-15(11)17-7-8-18(21)19(20(17)22)16-6-4-14(24)10-12(16)2/h3-10H,23-24H2,1-2H3. The fourth-order valence-corrected chi connectivity index (χ4v) is 3.64. The van der Waals surface area contributed by atoms with E-state index in [0.717, 1.165) is 39.1 Å². The average molecular weight is 357 g/mol. The first-order valence-electron chi connectivity index (χ1n) is 7.59. The Morgan fingerprint density at radius 2 is 1.17 bits per heavy atom. The van der Waals surface area contributed by atoms with Crippen LogP contribution in [0, 0.1) is 13.8 Å². The predicted octanol–water partition coefficient (Wildman–Crippen LogP) is 6.11. The lowest BCUT2D eigenvalue weighted by Gasteiger charge is -2.16. The Kier molecular flexibility index (Phi) is 4.44. The minimum absolute atomic E-state index is 0.615. The normalized spacial score (nSPS) is 10.8. The van der Waals surface area contributed by atoms with Crippen molar-refractivity contribution in [2.45, 2.75) is 13.8 Å². The lowest BCUT2D eigenvalue weighted by molar-refractivity contribution is 1.44. The van der Waals surface area contributed by atoms with Gasteiger partial charge in [-0.15, -0.1) is 0 Å². The molecule has 0 fully saturated rings. The molecule has 2 nitrogen and oxygen atoms in total. The summed E-state index contributed by atoms with van der Waals surface area (Å²) in [6, 6.07) is 15.4. The van der Waals surface area contributed by atoms with Crippen LogP contribution in [0.2, 0.25) is 10.0 Å². The van der Waals surface area contributed by atoms with Crippen LogP contribution >= 0.6 is 23.2 Å². The van der Waals surface area contributed by atoms with Crippen LogP contribution in [0.1, 0.15) is 11.1 Å². The molecule has 4 N–H and O–H groups in total. The number of aryl methyl sites for hydroxylation is 2. The molecule has 3 rings (SSSR count). The largest absolute Gasteiger partial charge is 0.399 e. The van der Waals surface area contributed by atoms with Crippen LogP contribution in [0.5, 0.6) is 0 Å². The maximum absolute atomic E-state index is 6.76. The van der Waals surface area contributed by atoms with E-state index in [1.54, 1.807) is 0 Å². The van der Waals surface area contributed by atoms with E-state index in [1.807, 2.05) is 62.4 Å². The average Bonchev–Trinajstić information content (AvgIpc) is 2.50. The molecule has 122 valence electrons. The summed E-state index contributed by atoms with van der Waals surface area (Å²) >= 11 is 13.2. The Balaban J connectivity index is 2.25. The molecular formula is C20H18Cl2N2. The highest BCUT2D eigenvalue weighted by atomic mass is 35.5. The van der Waals surface area contributed by atoms with Crippen molar-refractivity contribution < 1.29 is 0 Å². The molecule has 0 heterocycles. The zero-order chi connectivity index (χ0) is 17.4. The van der Waals surface area contributed by atoms with Crippen LogP contribution in [0.25, 0.3) is 22.3 Å². The molecule has 0 unspecified atom stereocenters. The van der Waals surface area contributed by atoms with Crippen molar-refractivity contribution in [1.82, 2.24) is 0 Å². The highest BCUT2D eigenvalue weighted by molar-refractivity contribution is 6.41. The first-order valence-corrected chi connectivity index (χ1v) is 8.35. The van der Waals surface area contributed by atoms with Crippen LogP contribution in [-0.4, -0.2) is 0 Å². The van der Waals surface area contributed by atoms with E-state index in [0.29, 0.717) is 15.7 Å². The molecule has 0 radical (unpaired) electrons. The number of nitrogens with two attached hydrogens (primary N) is 2. The summed E-state index contributed by atoms with van der Waals surface area (Å²) in [6.07, 6.45) is 0. The second kappa shape index (κ2) is 6.39. The van der Waals surface area contributed by atoms with Crippen molar-refractivity contribution in [3.05, 3.63) is 69.7 Å². The fourth-order valence-electron chi connectivity index (χ4n) is 2.96. The molecule has 0 bridgehead atoms. The molecule has 0 saturated carbocycles. The van der Waals surface area contributed by atoms with Gasteiger partial charge in [0.1, 0.15) is 0 Å². The highest BCUT2D eigenvalue weighted by Gasteiger charge is 2.16. The number of hydrogen-bond acceptors (Lipinski definition) is 2. The number of nitrogen functional groups attached to an aromatic ring is 2. The zero-order valence-corrected chi connectivity index (χ0v) is 15.0. The summed E-state index contributed by atoms with van der Waals surface area (Å²) in [7, 11) is 0. The Hall–Kier alpha value is -2.16. The van der Waals surface area contributed by atoms with E-state index < -0.39 is 0 Å². The Morgan fingerprint density at radius 1 is 0.667 bits per heavy atom. The van der Waals surface area contributed by atoms with Crippen LogP contribution in [0.15, 0.2) is 48.5 Å². The van der Waals surface area contributed by atoms with Gasteiger partial charge < -0.3 is 11.5 Å². The summed E-state index contributed by atoms with van der Waals surface area (Å²) in [6.45, 7) is 4.02. The smallest absolute Gasteiger partial charge is 0.0577 e. The monoisotopic (exact) mass is 356 g/mol. The van der Waals surface area contributed by atoms with Gasteiger partial charge >= 0.3 is 0 Å². The summed E-state index contributed by atoms with van der Waals surface area (Å²) < 4.78 is 0. The second-order valence-electron chi connectivity index (χ2n) is 5.93. The second-order valence-corrected chi connectivity index (χ2v) is 6.72. The SMILES string of the molecule is Cc1cc(N)ccc1-c1ccc(Cl)c(-c2ccc(N)cc2C)c1Cl. The van der Waals surface area contributed by atoms with Crippen LogP contribution in [0.3, 0.4) is 0 Å². The number of anilines is 2. The highest BCUT2D eigenvalue weighted by Crippen LogP contribution is 2.43. The van der Waals surface area contributed by atoms with Crippen molar-refractivity contribution in [3.8, 4) is 22.3 Å². The maximum atomic E-state index is 6.76. The van der Waals surface area contributed by atoms with E-state index >= 15 is 0 Å². The first kappa shape index (κ1) is 16.7. The van der Waals surface area contributed by atoms with Gasteiger partial charge in [-0.25, -0.2) is 0 Å². The van der Waals surface area contributed by atoms with E-state index in [9.17, 15) is 0 Å². The molecule has 3 aromatic carbocycles. The molecule has 4 heteroatoms. The maximum Gasteiger partial charge on any atom is 0.0577 e. The number of halogens is 2. The van der Waals surface area contributed by atoms with Gasteiger partial charge in [-0.3, -0.25) is 0 Å². The van der Waals surface area contributed by atoms with Gasteiger partial charge in [0.05, 0.1) is 5.02 Å². The van der Waals surface area contributed by atoms with E-state index in [1.165, 1.54) is 0 Å². The van der Waals surface area contributed by atoms with E-state index in [4.69, 9.17) is 34.7 Å². The third-order valence-corrected chi connectivity index (χ3v) is 4.86. The summed E-state index contributed by atoms with van der Waals surface area (Å²) in [4.78, 5) is 0. The van der Waals surface area contributed by atoms with Crippen molar-refractivity contribution in [3.63, 3.8) is 0 Å². The van der Waals surface area contributed by atoms with E-state index in [-0.39, 0.29) is 0 Å². The van der Waals surface area contributed by atoms with Gasteiger partial charge in [-0.1, -0.05) is 41.4 Å². The van der Waals surface area contributed by atoms with Crippen LogP contribution in [0.4, 0.5) is 11.4 Å². The summed E-state index contributed by atoms with van der Waals surface area (Å²) in [5, 5.41) is 1.24. The molecule has 0 saturated heterocycles. The molecule has 0 amide bonds. The van der Waals surface area contributed by atoms with Gasteiger partial charge in [0.15, 0.2) is 0 Å². The Bertz CT molecular complexity index is 933. The van der Waals surface area contributed by atoms with Gasteiger partial charge in [0.2, 0.25) is 0 Å². The minimum atomic E-state index is 0.615. The molecule has 24 heavy (non-hydrogen) atoms. The molecule has 0 aliphatic carbocycles. The minimum Gasteiger partial charge on any atom is -0.399 e. The third kappa shape index (κ3) is 2.95. The first-order chi connectivity index (χ1) is 11.4. The molecule has 0 atom stereocenters. The van der Waals surface area contributed by atoms with Crippen molar-refractivity contribution >= 4 is 34.6 Å². The lowest BCUT2D eigenvalue weighted by atomic mass is 9.94. The molecule has 3 aromatic rings. The van der Waals surface area contributed by atoms with Crippen molar-refractivity contribution in [1.29, 1.82) is 0 Å². The summed E-state index contributed by atoms with van der Waals surface area (Å²) in [5.74, 6) is 0. The number of benzene rings is 3. The number of hydrogen-bond donors (Lipinski definition) is 2. The van der Waals surface area contributed by atoms with Gasteiger partial charge in [-0.05, 0) is 66.4 Å². The Morgan fingerprint density at radius 3 is 1.71 bits per heavy atom. The fraction of sp³-hybridized carbons (Fsp3) is 0.100. The summed E-state index contributed by atoms with van der Waals surface area (Å²) in [5.41, 5.74) is 19.0. The van der Waals surface area contributed by atoms with E-state index in [2.05, 4.69) is 0 Å². The topological polar surface area (TPSA) is 52.0 Å². The van der Waals surface area contributed by atoms with Gasteiger partial charge in [0.25, 0.3) is 0 Å². The molecule has 0 aromatic heterocycles.